The molecule has 0 amide bonds. The van der Waals surface area contributed by atoms with Crippen LogP contribution in [0.25, 0.3) is 0 Å². The van der Waals surface area contributed by atoms with Crippen molar-refractivity contribution in [3.05, 3.63) is 79.9 Å². The zero-order valence-electron chi connectivity index (χ0n) is 35.5. The molecule has 0 aromatic heterocycles. The molecule has 0 saturated carbocycles. The van der Waals surface area contributed by atoms with Gasteiger partial charge in [0.15, 0.2) is 41.4 Å². The largest absolute Gasteiger partial charge is 0.882 e. The maximum Gasteiger partial charge on any atom is 0.882 e. The van der Waals surface area contributed by atoms with E-state index in [0.29, 0.717) is 24.3 Å². The van der Waals surface area contributed by atoms with Crippen molar-refractivity contribution in [2.24, 2.45) is 0 Å². The lowest BCUT2D eigenvalue weighted by molar-refractivity contribution is -0.321. The first-order valence-electron chi connectivity index (χ1n) is 20.0. The van der Waals surface area contributed by atoms with Crippen molar-refractivity contribution in [1.29, 1.82) is 0 Å². The van der Waals surface area contributed by atoms with Gasteiger partial charge in [0.2, 0.25) is 35.6 Å². The molecule has 7 rings (SSSR count). The molecule has 1 radical (unpaired) electrons. The molecule has 28 nitrogen and oxygen atoms in total. The van der Waals surface area contributed by atoms with Crippen LogP contribution >= 0.6 is 0 Å². The molecule has 1 aliphatic carbocycles. The fourth-order valence-corrected chi connectivity index (χ4v) is 8.47. The molecule has 4 aromatic carbocycles. The molecule has 16 N–H and O–H groups in total. The summed E-state index contributed by atoms with van der Waals surface area (Å²) in [5, 5.41) is 168. The summed E-state index contributed by atoms with van der Waals surface area (Å²) in [7, 11) is 0. The second-order valence-corrected chi connectivity index (χ2v) is 16.3. The Morgan fingerprint density at radius 1 is 0.620 bits per heavy atom. The Bertz CT molecular complexity index is 2910. The van der Waals surface area contributed by atoms with Crippen LogP contribution in [-0.4, -0.2) is 201 Å². The number of benzene rings is 4. The third-order valence-corrected chi connectivity index (χ3v) is 12.1. The van der Waals surface area contributed by atoms with Crippen LogP contribution in [0, 0.1) is 6.92 Å². The second-order valence-electron chi connectivity index (χ2n) is 15.7. The summed E-state index contributed by atoms with van der Waals surface area (Å²) >= 11 is -2.49. The maximum atomic E-state index is 14.3. The van der Waals surface area contributed by atoms with Crippen LogP contribution in [-0.2, 0) is 9.47 Å². The fraction of sp³-hybridized carbons (Fsp3) is 0.286. The highest BCUT2D eigenvalue weighted by Crippen LogP contribution is 2.53. The van der Waals surface area contributed by atoms with E-state index in [2.05, 4.69) is 0 Å². The highest BCUT2D eigenvalue weighted by atomic mass is 27.2. The predicted molar refractivity (Wildman–Crippen MR) is 221 cm³/mol. The zero-order valence-corrected chi connectivity index (χ0v) is 36.7. The SMILES string of the molecule is Cc1c(C(=O)O)c(O)cc(C=O)c1C(=O)c1cc([O][Al][O]c2c(O)c(OC3OC(CO)C(O)C(O)C3O)c(O)c3c2C(=O)c2cc(O)c(C(=O)O)cc2C3=O)c(O)c(OC2OC(O)C(O)C(O)C2O)c1O. The van der Waals surface area contributed by atoms with E-state index in [0.717, 1.165) is 6.92 Å². The Balaban J connectivity index is 1.36. The number of aliphatic hydroxyl groups is 8. The molecular formula is C42H36AlO28. The van der Waals surface area contributed by atoms with Crippen molar-refractivity contribution >= 4 is 51.5 Å². The third kappa shape index (κ3) is 8.71. The number of carbonyl (C=O) groups is 6. The second kappa shape index (κ2) is 19.4. The fourth-order valence-electron chi connectivity index (χ4n) is 7.81. The van der Waals surface area contributed by atoms with Crippen molar-refractivity contribution in [2.45, 2.75) is 68.5 Å². The quantitative estimate of drug-likeness (QED) is 0.0295. The van der Waals surface area contributed by atoms with E-state index in [1.807, 2.05) is 0 Å². The number of carboxylic acids is 2. The van der Waals surface area contributed by atoms with Crippen molar-refractivity contribution in [2.75, 3.05) is 6.61 Å². The van der Waals surface area contributed by atoms with E-state index >= 15 is 0 Å². The molecule has 3 aliphatic rings. The van der Waals surface area contributed by atoms with Crippen molar-refractivity contribution in [3.8, 4) is 57.5 Å². The average molecular weight is 1020 g/mol. The van der Waals surface area contributed by atoms with Crippen LogP contribution in [0.2, 0.25) is 0 Å². The number of aliphatic hydroxyl groups excluding tert-OH is 8. The Hall–Kier alpha value is -7.37. The lowest BCUT2D eigenvalue weighted by Gasteiger charge is -2.39. The van der Waals surface area contributed by atoms with Crippen LogP contribution < -0.4 is 17.1 Å². The van der Waals surface area contributed by atoms with Crippen molar-refractivity contribution in [1.82, 2.24) is 0 Å². The number of carboxylic acid groups (broad SMARTS) is 2. The molecule has 2 fully saturated rings. The Morgan fingerprint density at radius 3 is 1.79 bits per heavy atom. The van der Waals surface area contributed by atoms with Crippen LogP contribution in [0.4, 0.5) is 0 Å². The number of hydrogen-bond donors (Lipinski definition) is 16. The molecule has 10 unspecified atom stereocenters. The summed E-state index contributed by atoms with van der Waals surface area (Å²) in [6.45, 7) is -0.0165. The summed E-state index contributed by atoms with van der Waals surface area (Å²) in [5.41, 5.74) is -8.45. The van der Waals surface area contributed by atoms with E-state index in [9.17, 15) is 110 Å². The minimum atomic E-state index is -2.49. The maximum absolute atomic E-state index is 14.3. The smallest absolute Gasteiger partial charge is 0.613 e. The number of aldehydes is 1. The molecule has 375 valence electrons. The average Bonchev–Trinajstić information content (AvgIpc) is 3.32. The van der Waals surface area contributed by atoms with E-state index in [-0.39, 0.29) is 6.29 Å². The van der Waals surface area contributed by atoms with Gasteiger partial charge >= 0.3 is 27.8 Å². The highest BCUT2D eigenvalue weighted by Gasteiger charge is 2.48. The van der Waals surface area contributed by atoms with Gasteiger partial charge < -0.3 is 108 Å². The van der Waals surface area contributed by atoms with E-state index in [1.54, 1.807) is 0 Å². The normalized spacial score (nSPS) is 24.8. The van der Waals surface area contributed by atoms with Gasteiger partial charge in [-0.25, -0.2) is 9.59 Å². The molecule has 2 heterocycles. The first-order chi connectivity index (χ1) is 33.4. The van der Waals surface area contributed by atoms with Crippen LogP contribution in [0.3, 0.4) is 0 Å². The minimum Gasteiger partial charge on any atom is -0.613 e. The summed E-state index contributed by atoms with van der Waals surface area (Å²) in [6.07, 6.45) is -21.5. The van der Waals surface area contributed by atoms with Crippen LogP contribution in [0.1, 0.15) is 84.4 Å². The third-order valence-electron chi connectivity index (χ3n) is 11.5. The van der Waals surface area contributed by atoms with Gasteiger partial charge in [0.05, 0.1) is 23.3 Å². The number of hydrogen-bond acceptors (Lipinski definition) is 26. The first-order valence-corrected chi connectivity index (χ1v) is 21.0. The number of carbonyl (C=O) groups excluding carboxylic acids is 4. The van der Waals surface area contributed by atoms with Crippen molar-refractivity contribution < 1.29 is 137 Å². The summed E-state index contributed by atoms with van der Waals surface area (Å²) in [4.78, 5) is 78.6. The number of aromatic hydroxyl groups is 6. The van der Waals surface area contributed by atoms with Gasteiger partial charge in [-0.15, -0.1) is 0 Å². The van der Waals surface area contributed by atoms with E-state index in [4.69, 9.17) is 26.5 Å². The first kappa shape index (κ1) is 51.5. The lowest BCUT2D eigenvalue weighted by Crippen LogP contribution is -2.60. The molecule has 71 heavy (non-hydrogen) atoms. The molecule has 0 bridgehead atoms. The van der Waals surface area contributed by atoms with Crippen molar-refractivity contribution in [3.63, 3.8) is 0 Å². The van der Waals surface area contributed by atoms with Gasteiger partial charge in [-0.2, -0.15) is 0 Å². The predicted octanol–water partition coefficient (Wildman–Crippen LogP) is -3.25. The lowest BCUT2D eigenvalue weighted by atomic mass is 9.81. The Labute approximate surface area is 400 Å². The topological polar surface area (TPSA) is 481 Å². The number of rotatable bonds is 14. The van der Waals surface area contributed by atoms with Crippen LogP contribution in [0.5, 0.6) is 57.5 Å². The molecule has 4 aromatic rings. The number of fused-ring (bicyclic) bond motifs is 2. The van der Waals surface area contributed by atoms with Gasteiger partial charge in [0.1, 0.15) is 76.9 Å². The molecule has 2 aliphatic heterocycles. The molecule has 2 saturated heterocycles. The van der Waals surface area contributed by atoms with Gasteiger partial charge in [-0.1, -0.05) is 0 Å². The minimum absolute atomic E-state index is 0.0212. The zero-order chi connectivity index (χ0) is 52.4. The van der Waals surface area contributed by atoms with E-state index in [1.165, 1.54) is 0 Å². The number of ether oxygens (including phenoxy) is 4. The van der Waals surface area contributed by atoms with Gasteiger partial charge in [0, 0.05) is 22.3 Å². The monoisotopic (exact) mass is 1020 g/mol. The molecule has 10 atom stereocenters. The molecular weight excluding hydrogens is 979 g/mol. The van der Waals surface area contributed by atoms with Crippen LogP contribution in [0.15, 0.2) is 24.3 Å². The van der Waals surface area contributed by atoms with Gasteiger partial charge in [0.25, 0.3) is 0 Å². The summed E-state index contributed by atoms with van der Waals surface area (Å²) in [5.74, 6) is -20.2. The Kier molecular flexibility index (Phi) is 14.1. The molecule has 29 heteroatoms. The van der Waals surface area contributed by atoms with Gasteiger partial charge in [-0.3, -0.25) is 19.2 Å². The molecule has 0 spiro atoms. The Morgan fingerprint density at radius 2 is 1.20 bits per heavy atom. The van der Waals surface area contributed by atoms with Gasteiger partial charge in [-0.05, 0) is 36.8 Å². The summed E-state index contributed by atoms with van der Waals surface area (Å²) < 4.78 is 32.3. The number of aromatic carboxylic acids is 2. The number of ketones is 3. The number of phenols is 6. The van der Waals surface area contributed by atoms with E-state index < -0.39 is 227 Å². The summed E-state index contributed by atoms with van der Waals surface area (Å²) in [6, 6.07) is 2.25. The highest BCUT2D eigenvalue weighted by molar-refractivity contribution is 6.32. The standard InChI is InChI=1S/C21H18O14.C21H20O14.Al/c22-3-8-13(26)16(29)18(31)21(34-8)35-19-15(28)10-9(14(27)17(19)30)12(25)5-2-7(23)6(20(32)33)1-4(5)11(10)24;1-5-10(6(4-22)2-8(23)11(5)19(31)32)12(25)7-3-9(24)14(27)18(13(7)26)34-21-17(30)15(28)16(29)20(33)35-21;/h1-2,8,13,16,18,21-23,26-31H,3H2,(H,32,33);2-4,15-17,20-21,23-24,26-30,33H,1H3,(H,31,32);/q;;+2/p-2. The number of phenolic OH excluding ortho intramolecular Hbond substituents is 4.